The Bertz CT molecular complexity index is 733. The molecule has 0 radical (unpaired) electrons. The van der Waals surface area contributed by atoms with E-state index in [0.717, 1.165) is 23.3 Å². The van der Waals surface area contributed by atoms with Crippen LogP contribution in [-0.4, -0.2) is 16.6 Å². The molecule has 1 N–H and O–H groups in total. The van der Waals surface area contributed by atoms with Gasteiger partial charge in [0.25, 0.3) is 0 Å². The van der Waals surface area contributed by atoms with Gasteiger partial charge in [0.15, 0.2) is 0 Å². The molecule has 0 fully saturated rings. The lowest BCUT2D eigenvalue weighted by Gasteiger charge is -2.07. The zero-order valence-corrected chi connectivity index (χ0v) is 11.6. The van der Waals surface area contributed by atoms with Gasteiger partial charge in [0.05, 0.1) is 11.0 Å². The van der Waals surface area contributed by atoms with Crippen LogP contribution in [0.2, 0.25) is 0 Å². The van der Waals surface area contributed by atoms with Crippen molar-refractivity contribution in [2.75, 3.05) is 7.05 Å². The summed E-state index contributed by atoms with van der Waals surface area (Å²) < 4.78 is 7.86. The van der Waals surface area contributed by atoms with Crippen molar-refractivity contribution in [3.05, 3.63) is 54.1 Å². The second kappa shape index (κ2) is 5.35. The third-order valence-corrected chi connectivity index (χ3v) is 3.23. The second-order valence-electron chi connectivity index (χ2n) is 4.72. The van der Waals surface area contributed by atoms with Gasteiger partial charge in [0.2, 0.25) is 0 Å². The number of imidazole rings is 1. The average Bonchev–Trinajstić information content (AvgIpc) is 2.77. The van der Waals surface area contributed by atoms with Crippen molar-refractivity contribution < 1.29 is 4.74 Å². The number of aromatic nitrogens is 2. The fourth-order valence-electron chi connectivity index (χ4n) is 2.24. The topological polar surface area (TPSA) is 39.1 Å². The normalized spacial score (nSPS) is 10.9. The number of benzene rings is 2. The third-order valence-electron chi connectivity index (χ3n) is 3.23. The van der Waals surface area contributed by atoms with E-state index in [9.17, 15) is 0 Å². The Labute approximate surface area is 118 Å². The molecule has 0 amide bonds. The molecule has 0 atom stereocenters. The summed E-state index contributed by atoms with van der Waals surface area (Å²) in [5.74, 6) is 0.802. The van der Waals surface area contributed by atoms with Crippen molar-refractivity contribution in [2.24, 2.45) is 7.05 Å². The number of nitrogens with one attached hydrogen (secondary N) is 1. The van der Waals surface area contributed by atoms with E-state index < -0.39 is 0 Å². The zero-order chi connectivity index (χ0) is 13.9. The van der Waals surface area contributed by atoms with Crippen LogP contribution in [0.1, 0.15) is 5.56 Å². The number of para-hydroxylation sites is 2. The standard InChI is InChI=1S/C16H17N3O/c1-17-11-12-6-5-7-13(10-12)20-16-18-14-8-3-4-9-15(14)19(16)2/h3-10,17H,11H2,1-2H3. The number of nitrogens with zero attached hydrogens (tertiary/aromatic N) is 2. The first-order chi connectivity index (χ1) is 9.78. The van der Waals surface area contributed by atoms with Crippen LogP contribution in [0, 0.1) is 0 Å². The first-order valence-corrected chi connectivity index (χ1v) is 6.61. The molecule has 4 nitrogen and oxygen atoms in total. The lowest BCUT2D eigenvalue weighted by molar-refractivity contribution is 0.427. The molecule has 0 unspecified atom stereocenters. The maximum Gasteiger partial charge on any atom is 0.302 e. The molecule has 0 bridgehead atoms. The van der Waals surface area contributed by atoms with E-state index in [0.29, 0.717) is 6.01 Å². The molecule has 0 aliphatic heterocycles. The molecule has 1 heterocycles. The third kappa shape index (κ3) is 2.38. The highest BCUT2D eigenvalue weighted by Gasteiger charge is 2.09. The van der Waals surface area contributed by atoms with Crippen LogP contribution in [0.4, 0.5) is 0 Å². The van der Waals surface area contributed by atoms with Crippen LogP contribution in [0.25, 0.3) is 11.0 Å². The van der Waals surface area contributed by atoms with E-state index in [1.54, 1.807) is 0 Å². The summed E-state index contributed by atoms with van der Waals surface area (Å²) in [5, 5.41) is 3.13. The molecule has 0 aliphatic carbocycles. The molecule has 4 heteroatoms. The highest BCUT2D eigenvalue weighted by Crippen LogP contribution is 2.25. The van der Waals surface area contributed by atoms with Crippen LogP contribution in [0.5, 0.6) is 11.8 Å². The van der Waals surface area contributed by atoms with Gasteiger partial charge in [0, 0.05) is 13.6 Å². The van der Waals surface area contributed by atoms with Crippen molar-refractivity contribution in [1.82, 2.24) is 14.9 Å². The minimum absolute atomic E-state index is 0.604. The minimum atomic E-state index is 0.604. The molecule has 102 valence electrons. The highest BCUT2D eigenvalue weighted by atomic mass is 16.5. The van der Waals surface area contributed by atoms with E-state index in [2.05, 4.69) is 16.4 Å². The summed E-state index contributed by atoms with van der Waals surface area (Å²) in [7, 11) is 3.89. The predicted octanol–water partition coefficient (Wildman–Crippen LogP) is 3.09. The average molecular weight is 267 g/mol. The molecule has 0 saturated carbocycles. The minimum Gasteiger partial charge on any atom is -0.425 e. The molecule has 1 aromatic heterocycles. The highest BCUT2D eigenvalue weighted by molar-refractivity contribution is 5.76. The zero-order valence-electron chi connectivity index (χ0n) is 11.6. The van der Waals surface area contributed by atoms with Gasteiger partial charge >= 0.3 is 6.01 Å². The first-order valence-electron chi connectivity index (χ1n) is 6.61. The Balaban J connectivity index is 1.93. The summed E-state index contributed by atoms with van der Waals surface area (Å²) in [4.78, 5) is 4.51. The predicted molar refractivity (Wildman–Crippen MR) is 80.0 cm³/mol. The number of aryl methyl sites for hydroxylation is 1. The van der Waals surface area contributed by atoms with Crippen LogP contribution >= 0.6 is 0 Å². The van der Waals surface area contributed by atoms with E-state index >= 15 is 0 Å². The molecule has 0 aliphatic rings. The van der Waals surface area contributed by atoms with Gasteiger partial charge in [-0.2, -0.15) is 4.98 Å². The monoisotopic (exact) mass is 267 g/mol. The van der Waals surface area contributed by atoms with E-state index in [4.69, 9.17) is 4.74 Å². The molecule has 0 spiro atoms. The second-order valence-corrected chi connectivity index (χ2v) is 4.72. The number of hydrogen-bond acceptors (Lipinski definition) is 3. The Kier molecular flexibility index (Phi) is 3.39. The maximum absolute atomic E-state index is 5.91. The molecule has 0 saturated heterocycles. The SMILES string of the molecule is CNCc1cccc(Oc2nc3ccccc3n2C)c1. The Hall–Kier alpha value is -2.33. The van der Waals surface area contributed by atoms with Gasteiger partial charge in [-0.1, -0.05) is 24.3 Å². The van der Waals surface area contributed by atoms with Crippen molar-refractivity contribution >= 4 is 11.0 Å². The van der Waals surface area contributed by atoms with Gasteiger partial charge < -0.3 is 10.1 Å². The van der Waals surface area contributed by atoms with Crippen molar-refractivity contribution in [3.8, 4) is 11.8 Å². The Morgan fingerprint density at radius 3 is 2.80 bits per heavy atom. The Morgan fingerprint density at radius 2 is 2.00 bits per heavy atom. The largest absolute Gasteiger partial charge is 0.425 e. The summed E-state index contributed by atoms with van der Waals surface area (Å²) in [6.07, 6.45) is 0. The van der Waals surface area contributed by atoms with Gasteiger partial charge in [-0.15, -0.1) is 0 Å². The smallest absolute Gasteiger partial charge is 0.302 e. The molecule has 3 rings (SSSR count). The first kappa shape index (κ1) is 12.7. The van der Waals surface area contributed by atoms with Crippen molar-refractivity contribution in [2.45, 2.75) is 6.54 Å². The molecule has 2 aromatic carbocycles. The number of ether oxygens (including phenoxy) is 1. The number of hydrogen-bond donors (Lipinski definition) is 1. The van der Waals surface area contributed by atoms with Crippen LogP contribution < -0.4 is 10.1 Å². The molecular formula is C16H17N3O. The number of rotatable bonds is 4. The van der Waals surface area contributed by atoms with Crippen LogP contribution in [-0.2, 0) is 13.6 Å². The fourth-order valence-corrected chi connectivity index (χ4v) is 2.24. The lowest BCUT2D eigenvalue weighted by Crippen LogP contribution is -2.04. The summed E-state index contributed by atoms with van der Waals surface area (Å²) in [5.41, 5.74) is 3.19. The van der Waals surface area contributed by atoms with Crippen molar-refractivity contribution in [1.29, 1.82) is 0 Å². The summed E-state index contributed by atoms with van der Waals surface area (Å²) in [6.45, 7) is 0.819. The molecular weight excluding hydrogens is 250 g/mol. The van der Waals surface area contributed by atoms with Gasteiger partial charge in [-0.05, 0) is 36.9 Å². The van der Waals surface area contributed by atoms with Crippen LogP contribution in [0.15, 0.2) is 48.5 Å². The van der Waals surface area contributed by atoms with Crippen molar-refractivity contribution in [3.63, 3.8) is 0 Å². The lowest BCUT2D eigenvalue weighted by atomic mass is 10.2. The molecule has 3 aromatic rings. The quantitative estimate of drug-likeness (QED) is 0.789. The van der Waals surface area contributed by atoms with E-state index in [1.807, 2.05) is 61.1 Å². The fraction of sp³-hybridized carbons (Fsp3) is 0.188. The maximum atomic E-state index is 5.91. The van der Waals surface area contributed by atoms with E-state index in [-0.39, 0.29) is 0 Å². The van der Waals surface area contributed by atoms with Gasteiger partial charge in [-0.3, -0.25) is 4.57 Å². The van der Waals surface area contributed by atoms with E-state index in [1.165, 1.54) is 5.56 Å². The van der Waals surface area contributed by atoms with Gasteiger partial charge in [-0.25, -0.2) is 0 Å². The summed E-state index contributed by atoms with van der Waals surface area (Å²) >= 11 is 0. The van der Waals surface area contributed by atoms with Crippen LogP contribution in [0.3, 0.4) is 0 Å². The van der Waals surface area contributed by atoms with Gasteiger partial charge in [0.1, 0.15) is 5.75 Å². The Morgan fingerprint density at radius 1 is 1.15 bits per heavy atom. The summed E-state index contributed by atoms with van der Waals surface area (Å²) in [6, 6.07) is 16.6. The number of fused-ring (bicyclic) bond motifs is 1. The molecule has 20 heavy (non-hydrogen) atoms.